The molecule has 0 bridgehead atoms. The summed E-state index contributed by atoms with van der Waals surface area (Å²) in [6, 6.07) is 2.08. The fourth-order valence-electron chi connectivity index (χ4n) is 1.62. The lowest BCUT2D eigenvalue weighted by molar-refractivity contribution is 0.133. The highest BCUT2D eigenvalue weighted by Crippen LogP contribution is 2.32. The van der Waals surface area contributed by atoms with Crippen molar-refractivity contribution in [3.05, 3.63) is 16.2 Å². The van der Waals surface area contributed by atoms with Gasteiger partial charge in [-0.1, -0.05) is 6.92 Å². The Balaban J connectivity index is 2.50. The minimum absolute atomic E-state index is 0.223. The summed E-state index contributed by atoms with van der Waals surface area (Å²) in [5, 5.41) is 14.2. The Labute approximate surface area is 121 Å². The molecule has 4 nitrogen and oxygen atoms in total. The van der Waals surface area contributed by atoms with E-state index in [1.807, 2.05) is 13.8 Å². The normalized spacial score (nSPS) is 13.8. The molecule has 0 amide bonds. The number of halogens is 1. The van der Waals surface area contributed by atoms with Gasteiger partial charge in [0.25, 0.3) is 0 Å². The third-order valence-corrected chi connectivity index (χ3v) is 4.59. The van der Waals surface area contributed by atoms with Gasteiger partial charge in [0.15, 0.2) is 0 Å². The Morgan fingerprint density at radius 3 is 2.74 bits per heavy atom. The lowest BCUT2D eigenvalue weighted by Gasteiger charge is -2.30. The largest absolute Gasteiger partial charge is 0.391 e. The maximum atomic E-state index is 9.80. The second-order valence-electron chi connectivity index (χ2n) is 5.15. The molecule has 19 heavy (non-hydrogen) atoms. The van der Waals surface area contributed by atoms with Gasteiger partial charge < -0.3 is 10.4 Å². The molecule has 6 heteroatoms. The van der Waals surface area contributed by atoms with E-state index in [-0.39, 0.29) is 5.28 Å². The van der Waals surface area contributed by atoms with Crippen LogP contribution in [0.15, 0.2) is 6.07 Å². The molecule has 0 spiro atoms. The van der Waals surface area contributed by atoms with Crippen molar-refractivity contribution < 1.29 is 5.11 Å². The lowest BCUT2D eigenvalue weighted by Crippen LogP contribution is -2.42. The highest BCUT2D eigenvalue weighted by Gasteiger charge is 2.25. The number of aliphatic hydroxyl groups excluding tert-OH is 1. The average Bonchev–Trinajstić information content (AvgIpc) is 2.71. The Morgan fingerprint density at radius 2 is 2.16 bits per heavy atom. The zero-order chi connectivity index (χ0) is 14.2. The van der Waals surface area contributed by atoms with E-state index in [1.165, 1.54) is 4.88 Å². The van der Waals surface area contributed by atoms with Crippen molar-refractivity contribution in [3.8, 4) is 0 Å². The summed E-state index contributed by atoms with van der Waals surface area (Å²) in [5.41, 5.74) is -0.487. The molecule has 0 aliphatic heterocycles. The minimum atomic E-state index is -0.513. The van der Waals surface area contributed by atoms with Gasteiger partial charge in [-0.3, -0.25) is 0 Å². The smallest absolute Gasteiger partial charge is 0.225 e. The number of rotatable bonds is 4. The summed E-state index contributed by atoms with van der Waals surface area (Å²) in [4.78, 5) is 10.6. The van der Waals surface area contributed by atoms with Crippen LogP contribution in [0.3, 0.4) is 0 Å². The van der Waals surface area contributed by atoms with Crippen LogP contribution in [0.1, 0.15) is 32.6 Å². The maximum absolute atomic E-state index is 9.80. The zero-order valence-corrected chi connectivity index (χ0v) is 13.1. The number of aromatic nitrogens is 2. The Bertz CT molecular complexity index is 595. The number of nitrogens with one attached hydrogen (secondary N) is 1. The van der Waals surface area contributed by atoms with Crippen LogP contribution in [0.2, 0.25) is 5.28 Å². The summed E-state index contributed by atoms with van der Waals surface area (Å²) in [6.45, 7) is 7.70. The molecule has 0 fully saturated rings. The van der Waals surface area contributed by atoms with E-state index >= 15 is 0 Å². The summed E-state index contributed by atoms with van der Waals surface area (Å²) in [7, 11) is 0. The van der Waals surface area contributed by atoms with Gasteiger partial charge in [0.2, 0.25) is 5.28 Å². The molecule has 0 saturated carbocycles. The van der Waals surface area contributed by atoms with E-state index in [0.717, 1.165) is 16.6 Å². The molecular formula is C13H18ClN3OS. The fraction of sp³-hybridized carbons (Fsp3) is 0.538. The quantitative estimate of drug-likeness (QED) is 0.849. The van der Waals surface area contributed by atoms with Crippen molar-refractivity contribution >= 4 is 39.0 Å². The molecule has 0 aliphatic rings. The van der Waals surface area contributed by atoms with Crippen LogP contribution in [0, 0.1) is 0 Å². The lowest BCUT2D eigenvalue weighted by atomic mass is 9.99. The summed E-state index contributed by atoms with van der Waals surface area (Å²) < 4.78 is 0. The first-order valence-electron chi connectivity index (χ1n) is 6.25. The van der Waals surface area contributed by atoms with Crippen LogP contribution in [-0.4, -0.2) is 26.7 Å². The number of fused-ring (bicyclic) bond motifs is 1. The molecule has 104 valence electrons. The van der Waals surface area contributed by atoms with Gasteiger partial charge in [-0.05, 0) is 44.9 Å². The summed E-state index contributed by atoms with van der Waals surface area (Å²) in [5.74, 6) is 0.678. The van der Waals surface area contributed by atoms with E-state index in [4.69, 9.17) is 11.6 Å². The Hall–Kier alpha value is -0.910. The van der Waals surface area contributed by atoms with Gasteiger partial charge in [0.05, 0.1) is 17.0 Å². The van der Waals surface area contributed by atoms with Gasteiger partial charge in [0.1, 0.15) is 10.6 Å². The van der Waals surface area contributed by atoms with Crippen LogP contribution < -0.4 is 5.32 Å². The van der Waals surface area contributed by atoms with Gasteiger partial charge in [-0.15, -0.1) is 11.3 Å². The van der Waals surface area contributed by atoms with Crippen LogP contribution in [0.5, 0.6) is 0 Å². The molecule has 1 atom stereocenters. The van der Waals surface area contributed by atoms with E-state index in [0.29, 0.717) is 5.82 Å². The Kier molecular flexibility index (Phi) is 3.99. The number of nitrogens with zero attached hydrogens (tertiary/aromatic N) is 2. The number of aliphatic hydroxyl groups is 1. The van der Waals surface area contributed by atoms with Gasteiger partial charge in [-0.25, -0.2) is 9.97 Å². The van der Waals surface area contributed by atoms with Crippen LogP contribution in [-0.2, 0) is 6.42 Å². The van der Waals surface area contributed by atoms with Crippen molar-refractivity contribution in [3.63, 3.8) is 0 Å². The predicted octanol–water partition coefficient (Wildman–Crippen LogP) is 3.48. The molecule has 0 aliphatic carbocycles. The number of anilines is 1. The Morgan fingerprint density at radius 1 is 1.47 bits per heavy atom. The van der Waals surface area contributed by atoms with Crippen molar-refractivity contribution in [1.82, 2.24) is 9.97 Å². The maximum Gasteiger partial charge on any atom is 0.225 e. The molecule has 1 unspecified atom stereocenters. The van der Waals surface area contributed by atoms with Crippen molar-refractivity contribution in [1.29, 1.82) is 0 Å². The standard InChI is InChI=1S/C13H18ClN3OS/c1-5-8-6-9-10(17-13(3,4)7(2)18)15-12(14)16-11(9)19-8/h6-7,18H,5H2,1-4H3,(H,15,16,17). The van der Waals surface area contributed by atoms with E-state index < -0.39 is 11.6 Å². The summed E-state index contributed by atoms with van der Waals surface area (Å²) >= 11 is 7.59. The molecule has 0 saturated heterocycles. The third-order valence-electron chi connectivity index (χ3n) is 3.25. The number of thiophene rings is 1. The first kappa shape index (κ1) is 14.5. The average molecular weight is 300 g/mol. The molecule has 0 radical (unpaired) electrons. The van der Waals surface area contributed by atoms with E-state index in [1.54, 1.807) is 18.3 Å². The molecule has 2 rings (SSSR count). The number of aryl methyl sites for hydroxylation is 1. The van der Waals surface area contributed by atoms with Gasteiger partial charge >= 0.3 is 0 Å². The fourth-order valence-corrected chi connectivity index (χ4v) is 2.81. The van der Waals surface area contributed by atoms with E-state index in [9.17, 15) is 5.11 Å². The first-order chi connectivity index (χ1) is 8.83. The summed E-state index contributed by atoms with van der Waals surface area (Å²) in [6.07, 6.45) is 0.443. The highest BCUT2D eigenvalue weighted by atomic mass is 35.5. The van der Waals surface area contributed by atoms with Crippen molar-refractivity contribution in [2.75, 3.05) is 5.32 Å². The van der Waals surface area contributed by atoms with Crippen molar-refractivity contribution in [2.24, 2.45) is 0 Å². The highest BCUT2D eigenvalue weighted by molar-refractivity contribution is 7.18. The second kappa shape index (κ2) is 5.23. The second-order valence-corrected chi connectivity index (χ2v) is 6.60. The monoisotopic (exact) mass is 299 g/mol. The molecule has 2 aromatic heterocycles. The topological polar surface area (TPSA) is 58.0 Å². The minimum Gasteiger partial charge on any atom is -0.391 e. The number of hydrogen-bond donors (Lipinski definition) is 2. The SMILES string of the molecule is CCc1cc2c(NC(C)(C)C(C)O)nc(Cl)nc2s1. The third kappa shape index (κ3) is 2.99. The van der Waals surface area contributed by atoms with Crippen molar-refractivity contribution in [2.45, 2.75) is 45.8 Å². The van der Waals surface area contributed by atoms with Gasteiger partial charge in [0, 0.05) is 4.88 Å². The molecule has 2 aromatic rings. The molecular weight excluding hydrogens is 282 g/mol. The molecule has 2 N–H and O–H groups in total. The van der Waals surface area contributed by atoms with E-state index in [2.05, 4.69) is 28.3 Å². The van der Waals surface area contributed by atoms with Gasteiger partial charge in [-0.2, -0.15) is 0 Å². The van der Waals surface area contributed by atoms with Crippen LogP contribution >= 0.6 is 22.9 Å². The molecule has 0 aromatic carbocycles. The molecule has 2 heterocycles. The van der Waals surface area contributed by atoms with Crippen LogP contribution in [0.4, 0.5) is 5.82 Å². The van der Waals surface area contributed by atoms with Crippen LogP contribution in [0.25, 0.3) is 10.2 Å². The predicted molar refractivity (Wildman–Crippen MR) is 81.2 cm³/mol. The zero-order valence-electron chi connectivity index (χ0n) is 11.5. The first-order valence-corrected chi connectivity index (χ1v) is 7.45. The number of hydrogen-bond acceptors (Lipinski definition) is 5.